The molecule has 0 fully saturated rings. The second-order valence-electron chi connectivity index (χ2n) is 6.56. The van der Waals surface area contributed by atoms with Gasteiger partial charge in [0.2, 0.25) is 0 Å². The minimum absolute atomic E-state index is 0.0625. The smallest absolute Gasteiger partial charge is 0.267 e. The number of anilines is 1. The summed E-state index contributed by atoms with van der Waals surface area (Å²) in [6.07, 6.45) is 2.31. The highest BCUT2D eigenvalue weighted by Gasteiger charge is 2.12. The molecule has 0 bridgehead atoms. The third-order valence-corrected chi connectivity index (χ3v) is 4.12. The maximum absolute atomic E-state index is 12.4. The molecule has 2 rings (SSSR count). The van der Waals surface area contributed by atoms with E-state index < -0.39 is 5.91 Å². The van der Waals surface area contributed by atoms with Crippen LogP contribution in [0.2, 0.25) is 0 Å². The van der Waals surface area contributed by atoms with Crippen LogP contribution in [-0.2, 0) is 11.2 Å². The van der Waals surface area contributed by atoms with Crippen molar-refractivity contribution in [2.45, 2.75) is 33.1 Å². The van der Waals surface area contributed by atoms with Crippen LogP contribution in [-0.4, -0.2) is 12.5 Å². The molecule has 0 unspecified atom stereocenters. The Morgan fingerprint density at radius 1 is 1.15 bits per heavy atom. The predicted octanol–water partition coefficient (Wildman–Crippen LogP) is 4.30. The third-order valence-electron chi connectivity index (χ3n) is 4.12. The monoisotopic (exact) mass is 347 g/mol. The molecule has 2 aromatic carbocycles. The molecule has 2 aromatic rings. The minimum Gasteiger partial charge on any atom is -0.389 e. The molecule has 0 aliphatic heterocycles. The number of para-hydroxylation sites is 1. The Morgan fingerprint density at radius 2 is 1.85 bits per heavy atom. The number of nitrogens with one attached hydrogen (secondary N) is 2. The van der Waals surface area contributed by atoms with Gasteiger partial charge in [0, 0.05) is 18.4 Å². The molecule has 26 heavy (non-hydrogen) atoms. The van der Waals surface area contributed by atoms with Gasteiger partial charge in [0.1, 0.15) is 11.6 Å². The van der Waals surface area contributed by atoms with E-state index in [1.807, 2.05) is 30.3 Å². The lowest BCUT2D eigenvalue weighted by molar-refractivity contribution is -0.112. The number of rotatable bonds is 7. The first-order valence-corrected chi connectivity index (χ1v) is 8.80. The number of nitriles is 1. The van der Waals surface area contributed by atoms with Crippen LogP contribution in [0.5, 0.6) is 0 Å². The van der Waals surface area contributed by atoms with Crippen LogP contribution in [0, 0.1) is 18.3 Å². The van der Waals surface area contributed by atoms with E-state index in [0.29, 0.717) is 6.54 Å². The quantitative estimate of drug-likeness (QED) is 0.446. The summed E-state index contributed by atoms with van der Waals surface area (Å²) in [5.74, 6) is -0.114. The molecule has 0 aliphatic carbocycles. The van der Waals surface area contributed by atoms with Crippen LogP contribution in [0.4, 0.5) is 5.69 Å². The van der Waals surface area contributed by atoms with Gasteiger partial charge in [-0.1, -0.05) is 61.9 Å². The maximum Gasteiger partial charge on any atom is 0.267 e. The first kappa shape index (κ1) is 19.3. The zero-order chi connectivity index (χ0) is 18.9. The molecular formula is C22H25N3O. The molecule has 0 saturated carbocycles. The molecular weight excluding hydrogens is 322 g/mol. The first-order valence-electron chi connectivity index (χ1n) is 8.80. The highest BCUT2D eigenvalue weighted by molar-refractivity contribution is 6.06. The highest BCUT2D eigenvalue weighted by atomic mass is 16.1. The van der Waals surface area contributed by atoms with Crippen molar-refractivity contribution in [3.8, 4) is 6.07 Å². The van der Waals surface area contributed by atoms with Crippen molar-refractivity contribution in [2.75, 3.05) is 11.9 Å². The fourth-order valence-corrected chi connectivity index (χ4v) is 2.60. The van der Waals surface area contributed by atoms with Crippen LogP contribution in [0.15, 0.2) is 60.3 Å². The Kier molecular flexibility index (Phi) is 6.99. The lowest BCUT2D eigenvalue weighted by atomic mass is 10.0. The van der Waals surface area contributed by atoms with Gasteiger partial charge in [0.05, 0.1) is 0 Å². The second kappa shape index (κ2) is 9.43. The molecule has 0 spiro atoms. The van der Waals surface area contributed by atoms with Gasteiger partial charge in [-0.3, -0.25) is 4.79 Å². The summed E-state index contributed by atoms with van der Waals surface area (Å²) in [6.45, 7) is 6.85. The summed E-state index contributed by atoms with van der Waals surface area (Å²) in [6, 6.07) is 17.9. The van der Waals surface area contributed by atoms with E-state index in [9.17, 15) is 10.1 Å². The molecule has 4 nitrogen and oxygen atoms in total. The Labute approximate surface area is 155 Å². The van der Waals surface area contributed by atoms with Crippen molar-refractivity contribution >= 4 is 11.6 Å². The van der Waals surface area contributed by atoms with E-state index in [4.69, 9.17) is 0 Å². The van der Waals surface area contributed by atoms with Gasteiger partial charge in [0.25, 0.3) is 5.91 Å². The zero-order valence-corrected chi connectivity index (χ0v) is 15.5. The van der Waals surface area contributed by atoms with E-state index >= 15 is 0 Å². The molecule has 134 valence electrons. The summed E-state index contributed by atoms with van der Waals surface area (Å²) < 4.78 is 0. The van der Waals surface area contributed by atoms with Crippen LogP contribution in [0.25, 0.3) is 0 Å². The Bertz CT molecular complexity index is 814. The normalized spacial score (nSPS) is 11.1. The summed E-state index contributed by atoms with van der Waals surface area (Å²) in [4.78, 5) is 12.4. The summed E-state index contributed by atoms with van der Waals surface area (Å²) in [5.41, 5.74) is 4.29. The fraction of sp³-hybridized carbons (Fsp3) is 0.273. The molecule has 0 aliphatic rings. The first-order chi connectivity index (χ1) is 12.5. The zero-order valence-electron chi connectivity index (χ0n) is 15.5. The van der Waals surface area contributed by atoms with Gasteiger partial charge >= 0.3 is 0 Å². The minimum atomic E-state index is -0.400. The maximum atomic E-state index is 12.4. The van der Waals surface area contributed by atoms with Crippen molar-refractivity contribution in [3.63, 3.8) is 0 Å². The number of carbonyl (C=O) groups excluding carboxylic acids is 1. The third kappa shape index (κ3) is 5.49. The number of aryl methyl sites for hydroxylation is 1. The van der Waals surface area contributed by atoms with Crippen LogP contribution in [0.1, 0.15) is 36.5 Å². The molecule has 1 amide bonds. The Hall–Kier alpha value is -3.06. The average Bonchev–Trinajstić information content (AvgIpc) is 2.63. The second-order valence-corrected chi connectivity index (χ2v) is 6.56. The van der Waals surface area contributed by atoms with Gasteiger partial charge in [-0.05, 0) is 36.5 Å². The largest absolute Gasteiger partial charge is 0.389 e. The van der Waals surface area contributed by atoms with Gasteiger partial charge in [-0.15, -0.1) is 0 Å². The number of hydrogen-bond acceptors (Lipinski definition) is 3. The van der Waals surface area contributed by atoms with Crippen molar-refractivity contribution in [3.05, 3.63) is 77.0 Å². The van der Waals surface area contributed by atoms with Crippen LogP contribution in [0.3, 0.4) is 0 Å². The Morgan fingerprint density at radius 3 is 2.50 bits per heavy atom. The lowest BCUT2D eigenvalue weighted by Crippen LogP contribution is -2.18. The van der Waals surface area contributed by atoms with Crippen molar-refractivity contribution in [2.24, 2.45) is 0 Å². The number of amides is 1. The van der Waals surface area contributed by atoms with Gasteiger partial charge in [0.15, 0.2) is 0 Å². The molecule has 2 N–H and O–H groups in total. The van der Waals surface area contributed by atoms with Crippen molar-refractivity contribution in [1.82, 2.24) is 5.32 Å². The van der Waals surface area contributed by atoms with Crippen molar-refractivity contribution in [1.29, 1.82) is 5.26 Å². The summed E-state index contributed by atoms with van der Waals surface area (Å²) in [7, 11) is 0. The molecule has 4 heteroatoms. The van der Waals surface area contributed by atoms with E-state index in [0.717, 1.165) is 17.7 Å². The van der Waals surface area contributed by atoms with E-state index in [1.54, 1.807) is 0 Å². The number of benzene rings is 2. The summed E-state index contributed by atoms with van der Waals surface area (Å²) >= 11 is 0. The van der Waals surface area contributed by atoms with Gasteiger partial charge in [-0.2, -0.15) is 5.26 Å². The Balaban J connectivity index is 1.95. The van der Waals surface area contributed by atoms with Gasteiger partial charge in [-0.25, -0.2) is 0 Å². The lowest BCUT2D eigenvalue weighted by Gasteiger charge is -2.13. The predicted molar refractivity (Wildman–Crippen MR) is 106 cm³/mol. The van der Waals surface area contributed by atoms with Crippen molar-refractivity contribution < 1.29 is 4.79 Å². The average molecular weight is 347 g/mol. The highest BCUT2D eigenvalue weighted by Crippen LogP contribution is 2.23. The standard InChI is InChI=1S/C22H25N3O/c1-16(2)20-6-4-5-7-21(20)25-22(26)19(14-23)15-24-13-12-18-10-8-17(3)9-11-18/h4-11,15-16,24H,12-13H2,1-3H3,(H,25,26)/b19-15-. The number of hydrogen-bond donors (Lipinski definition) is 2. The van der Waals surface area contributed by atoms with E-state index in [2.05, 4.69) is 55.7 Å². The summed E-state index contributed by atoms with van der Waals surface area (Å²) in [5, 5.41) is 15.2. The molecule has 0 atom stereocenters. The van der Waals surface area contributed by atoms with E-state index in [-0.39, 0.29) is 11.5 Å². The van der Waals surface area contributed by atoms with E-state index in [1.165, 1.54) is 17.3 Å². The van der Waals surface area contributed by atoms with Crippen LogP contribution >= 0.6 is 0 Å². The SMILES string of the molecule is Cc1ccc(CCN/C=C(/C#N)C(=O)Nc2ccccc2C(C)C)cc1. The number of nitrogens with zero attached hydrogens (tertiary/aromatic N) is 1. The van der Waals surface area contributed by atoms with Gasteiger partial charge < -0.3 is 10.6 Å². The fourth-order valence-electron chi connectivity index (χ4n) is 2.60. The van der Waals surface area contributed by atoms with Crippen LogP contribution < -0.4 is 10.6 Å². The molecule has 0 saturated heterocycles. The molecule has 0 radical (unpaired) electrons. The topological polar surface area (TPSA) is 64.9 Å². The molecule has 0 aromatic heterocycles. The molecule has 0 heterocycles. The number of carbonyl (C=O) groups is 1.